The van der Waals surface area contributed by atoms with Crippen LogP contribution in [0.1, 0.15) is 16.7 Å². The monoisotopic (exact) mass is 469 g/mol. The van der Waals surface area contributed by atoms with Crippen LogP contribution in [0.15, 0.2) is 77.7 Å². The average molecular weight is 470 g/mol. The summed E-state index contributed by atoms with van der Waals surface area (Å²) in [7, 11) is 0. The molecule has 1 aliphatic rings. The number of carbonyl (C=O) groups excluding carboxylic acids is 1. The van der Waals surface area contributed by atoms with E-state index >= 15 is 0 Å². The fourth-order valence-corrected chi connectivity index (χ4v) is 4.55. The largest absolute Gasteiger partial charge is 0.489 e. The van der Waals surface area contributed by atoms with Gasteiger partial charge < -0.3 is 4.74 Å². The predicted octanol–water partition coefficient (Wildman–Crippen LogP) is 6.46. The summed E-state index contributed by atoms with van der Waals surface area (Å²) in [4.78, 5) is 15.0. The van der Waals surface area contributed by atoms with E-state index in [-0.39, 0.29) is 12.5 Å². The van der Waals surface area contributed by atoms with Gasteiger partial charge in [-0.25, -0.2) is 4.39 Å². The Kier molecular flexibility index (Phi) is 6.70. The van der Waals surface area contributed by atoms with Crippen LogP contribution >= 0.6 is 35.6 Å². The van der Waals surface area contributed by atoms with Gasteiger partial charge in [0.2, 0.25) is 0 Å². The van der Waals surface area contributed by atoms with E-state index in [2.05, 4.69) is 0 Å². The number of amides is 1. The normalized spacial score (nSPS) is 15.0. The van der Waals surface area contributed by atoms with Crippen LogP contribution in [0, 0.1) is 5.82 Å². The minimum atomic E-state index is -0.411. The van der Waals surface area contributed by atoms with E-state index in [0.29, 0.717) is 32.1 Å². The van der Waals surface area contributed by atoms with Crippen molar-refractivity contribution < 1.29 is 13.9 Å². The summed E-state index contributed by atoms with van der Waals surface area (Å²) in [5.41, 5.74) is 2.11. The third-order valence-electron chi connectivity index (χ3n) is 4.66. The molecule has 1 fully saturated rings. The van der Waals surface area contributed by atoms with Crippen molar-refractivity contribution in [2.75, 3.05) is 0 Å². The molecule has 1 amide bonds. The SMILES string of the molecule is O=C1/C(=C\c2cccc(OCc3c(F)cccc3Cl)c2)SC(=S)N1Cc1ccccc1. The highest BCUT2D eigenvalue weighted by atomic mass is 35.5. The predicted molar refractivity (Wildman–Crippen MR) is 127 cm³/mol. The quantitative estimate of drug-likeness (QED) is 0.306. The Labute approximate surface area is 194 Å². The van der Waals surface area contributed by atoms with Gasteiger partial charge in [0.05, 0.1) is 16.5 Å². The van der Waals surface area contributed by atoms with E-state index < -0.39 is 5.82 Å². The van der Waals surface area contributed by atoms with Crippen molar-refractivity contribution in [1.82, 2.24) is 4.90 Å². The van der Waals surface area contributed by atoms with Crippen molar-refractivity contribution in [3.8, 4) is 5.75 Å². The number of carbonyl (C=O) groups is 1. The number of ether oxygens (including phenoxy) is 1. The molecule has 1 heterocycles. The molecule has 1 saturated heterocycles. The molecule has 3 aromatic carbocycles. The third kappa shape index (κ3) is 5.15. The van der Waals surface area contributed by atoms with E-state index in [1.807, 2.05) is 42.5 Å². The van der Waals surface area contributed by atoms with Crippen molar-refractivity contribution in [2.24, 2.45) is 0 Å². The highest BCUT2D eigenvalue weighted by Crippen LogP contribution is 2.34. The Morgan fingerprint density at radius 1 is 1.06 bits per heavy atom. The number of nitrogens with zero attached hydrogens (tertiary/aromatic N) is 1. The Balaban J connectivity index is 1.48. The molecule has 0 aliphatic carbocycles. The zero-order chi connectivity index (χ0) is 21.8. The van der Waals surface area contributed by atoms with Gasteiger partial charge in [-0.3, -0.25) is 9.69 Å². The molecule has 0 bridgehead atoms. The van der Waals surface area contributed by atoms with Gasteiger partial charge in [0, 0.05) is 5.56 Å². The van der Waals surface area contributed by atoms with Crippen LogP contribution in [0.4, 0.5) is 4.39 Å². The van der Waals surface area contributed by atoms with Gasteiger partial charge in [-0.1, -0.05) is 84.1 Å². The average Bonchev–Trinajstić information content (AvgIpc) is 3.02. The van der Waals surface area contributed by atoms with E-state index in [1.165, 1.54) is 17.8 Å². The molecule has 0 spiro atoms. The van der Waals surface area contributed by atoms with E-state index in [0.717, 1.165) is 11.1 Å². The molecule has 0 saturated carbocycles. The lowest BCUT2D eigenvalue weighted by atomic mass is 10.2. The molecule has 7 heteroatoms. The van der Waals surface area contributed by atoms with Crippen LogP contribution in [-0.4, -0.2) is 15.1 Å². The Bertz CT molecular complexity index is 1150. The van der Waals surface area contributed by atoms with Gasteiger partial charge in [0.25, 0.3) is 5.91 Å². The Morgan fingerprint density at radius 3 is 2.61 bits per heavy atom. The summed E-state index contributed by atoms with van der Waals surface area (Å²) >= 11 is 12.7. The van der Waals surface area contributed by atoms with Crippen LogP contribution in [0.25, 0.3) is 6.08 Å². The second-order valence-electron chi connectivity index (χ2n) is 6.81. The number of thiocarbonyl (C=S) groups is 1. The highest BCUT2D eigenvalue weighted by molar-refractivity contribution is 8.26. The van der Waals surface area contributed by atoms with E-state index in [4.69, 9.17) is 28.6 Å². The summed E-state index contributed by atoms with van der Waals surface area (Å²) in [6.45, 7) is 0.448. The zero-order valence-electron chi connectivity index (χ0n) is 16.3. The lowest BCUT2D eigenvalue weighted by Crippen LogP contribution is -2.27. The molecule has 0 aromatic heterocycles. The molecule has 3 aromatic rings. The van der Waals surface area contributed by atoms with Gasteiger partial charge in [-0.05, 0) is 41.5 Å². The molecule has 3 nitrogen and oxygen atoms in total. The molecule has 0 radical (unpaired) electrons. The van der Waals surface area contributed by atoms with Crippen molar-refractivity contribution in [3.63, 3.8) is 0 Å². The number of hydrogen-bond donors (Lipinski definition) is 0. The first-order valence-corrected chi connectivity index (χ1v) is 11.1. The highest BCUT2D eigenvalue weighted by Gasteiger charge is 2.31. The zero-order valence-corrected chi connectivity index (χ0v) is 18.6. The first-order chi connectivity index (χ1) is 15.0. The smallest absolute Gasteiger partial charge is 0.266 e. The summed E-state index contributed by atoms with van der Waals surface area (Å²) in [5.74, 6) is 0.0156. The van der Waals surface area contributed by atoms with Crippen LogP contribution in [-0.2, 0) is 17.9 Å². The van der Waals surface area contributed by atoms with Crippen molar-refractivity contribution >= 4 is 51.9 Å². The number of hydrogen-bond acceptors (Lipinski definition) is 4. The van der Waals surface area contributed by atoms with Gasteiger partial charge in [-0.2, -0.15) is 0 Å². The molecular formula is C24H17ClFNO2S2. The molecule has 0 unspecified atom stereocenters. The molecule has 4 rings (SSSR count). The summed E-state index contributed by atoms with van der Waals surface area (Å²) < 4.78 is 20.2. The maximum Gasteiger partial charge on any atom is 0.266 e. The van der Waals surface area contributed by atoms with Crippen molar-refractivity contribution in [2.45, 2.75) is 13.2 Å². The van der Waals surface area contributed by atoms with Gasteiger partial charge in [0.15, 0.2) is 0 Å². The molecule has 1 aliphatic heterocycles. The van der Waals surface area contributed by atoms with E-state index in [1.54, 1.807) is 35.2 Å². The van der Waals surface area contributed by atoms with Gasteiger partial charge in [0.1, 0.15) is 22.5 Å². The second-order valence-corrected chi connectivity index (χ2v) is 8.90. The van der Waals surface area contributed by atoms with E-state index in [9.17, 15) is 9.18 Å². The molecule has 156 valence electrons. The fraction of sp³-hybridized carbons (Fsp3) is 0.0833. The molecular weight excluding hydrogens is 453 g/mol. The summed E-state index contributed by atoms with van der Waals surface area (Å²) in [5, 5.41) is 0.318. The van der Waals surface area contributed by atoms with Crippen LogP contribution < -0.4 is 4.74 Å². The second kappa shape index (κ2) is 9.64. The van der Waals surface area contributed by atoms with Crippen molar-refractivity contribution in [1.29, 1.82) is 0 Å². The molecule has 0 N–H and O–H groups in total. The number of rotatable bonds is 6. The molecule has 0 atom stereocenters. The minimum absolute atomic E-state index is 0.00809. The first kappa shape index (κ1) is 21.6. The van der Waals surface area contributed by atoms with Crippen LogP contribution in [0.2, 0.25) is 5.02 Å². The Morgan fingerprint density at radius 2 is 1.84 bits per heavy atom. The summed E-state index contributed by atoms with van der Waals surface area (Å²) in [6.07, 6.45) is 1.78. The van der Waals surface area contributed by atoms with Gasteiger partial charge in [-0.15, -0.1) is 0 Å². The Hall–Kier alpha value is -2.67. The summed E-state index contributed by atoms with van der Waals surface area (Å²) in [6, 6.07) is 21.5. The topological polar surface area (TPSA) is 29.5 Å². The maximum absolute atomic E-state index is 13.9. The lowest BCUT2D eigenvalue weighted by molar-refractivity contribution is -0.122. The maximum atomic E-state index is 13.9. The van der Waals surface area contributed by atoms with Gasteiger partial charge >= 0.3 is 0 Å². The number of thioether (sulfide) groups is 1. The third-order valence-corrected chi connectivity index (χ3v) is 6.39. The molecule has 31 heavy (non-hydrogen) atoms. The standard InChI is InChI=1S/C24H17ClFNO2S2/c25-20-10-5-11-21(26)19(20)15-29-18-9-4-8-17(12-18)13-22-23(28)27(24(30)31-22)14-16-6-2-1-3-7-16/h1-13H,14-15H2/b22-13+. The minimum Gasteiger partial charge on any atom is -0.489 e. The first-order valence-electron chi connectivity index (χ1n) is 9.46. The lowest BCUT2D eigenvalue weighted by Gasteiger charge is -2.14. The number of benzene rings is 3. The van der Waals surface area contributed by atoms with Crippen molar-refractivity contribution in [3.05, 3.63) is 105 Å². The van der Waals surface area contributed by atoms with Crippen LogP contribution in [0.5, 0.6) is 5.75 Å². The number of halogens is 2. The van der Waals surface area contributed by atoms with Crippen LogP contribution in [0.3, 0.4) is 0 Å². The fourth-order valence-electron chi connectivity index (χ4n) is 3.07.